The summed E-state index contributed by atoms with van der Waals surface area (Å²) >= 11 is 0. The molecule has 0 unspecified atom stereocenters. The summed E-state index contributed by atoms with van der Waals surface area (Å²) in [7, 11) is 2.17. The lowest BCUT2D eigenvalue weighted by atomic mass is 9.92. The van der Waals surface area contributed by atoms with E-state index in [2.05, 4.69) is 57.0 Å². The van der Waals surface area contributed by atoms with E-state index in [1.165, 1.54) is 24.0 Å². The zero-order valence-corrected chi connectivity index (χ0v) is 21.5. The number of likely N-dealkylation sites (tertiary alicyclic amines) is 1. The van der Waals surface area contributed by atoms with Crippen LogP contribution in [0.2, 0.25) is 0 Å². The summed E-state index contributed by atoms with van der Waals surface area (Å²) in [6.45, 7) is 9.40. The second-order valence-corrected chi connectivity index (χ2v) is 10.2. The number of nitrogens with zero attached hydrogens (tertiary/aromatic N) is 5. The van der Waals surface area contributed by atoms with Crippen LogP contribution in [0.15, 0.2) is 54.9 Å². The molecule has 1 fully saturated rings. The van der Waals surface area contributed by atoms with E-state index >= 15 is 0 Å². The Bertz CT molecular complexity index is 1410. The van der Waals surface area contributed by atoms with Crippen molar-refractivity contribution >= 4 is 5.65 Å². The van der Waals surface area contributed by atoms with Gasteiger partial charge in [0, 0.05) is 30.4 Å². The first-order valence-electron chi connectivity index (χ1n) is 12.7. The highest BCUT2D eigenvalue weighted by Crippen LogP contribution is 2.37. The normalized spacial score (nSPS) is 16.4. The first-order chi connectivity index (χ1) is 17.4. The van der Waals surface area contributed by atoms with E-state index < -0.39 is 0 Å². The second kappa shape index (κ2) is 10.1. The lowest BCUT2D eigenvalue weighted by Crippen LogP contribution is -2.35. The predicted molar refractivity (Wildman–Crippen MR) is 143 cm³/mol. The third-order valence-electron chi connectivity index (χ3n) is 7.16. The van der Waals surface area contributed by atoms with Crippen LogP contribution in [0.4, 0.5) is 0 Å². The SMILES string of the molecule is Cc1ccc(-c2c(-c3ccc(C#N)cc3)nc(OC[C@@H]3CCCN(C)C3)n3ccnc23)cc1C(C)C. The Labute approximate surface area is 213 Å². The average Bonchev–Trinajstić information content (AvgIpc) is 3.37. The van der Waals surface area contributed by atoms with Gasteiger partial charge in [-0.2, -0.15) is 10.2 Å². The Kier molecular flexibility index (Phi) is 6.75. The van der Waals surface area contributed by atoms with Crippen molar-refractivity contribution in [2.75, 3.05) is 26.7 Å². The van der Waals surface area contributed by atoms with Gasteiger partial charge in [0.05, 0.1) is 29.5 Å². The number of hydrogen-bond donors (Lipinski definition) is 0. The van der Waals surface area contributed by atoms with Gasteiger partial charge in [-0.15, -0.1) is 0 Å². The number of aryl methyl sites for hydroxylation is 1. The topological polar surface area (TPSA) is 66.5 Å². The molecule has 1 aliphatic heterocycles. The molecule has 0 N–H and O–H groups in total. The van der Waals surface area contributed by atoms with Crippen molar-refractivity contribution in [3.8, 4) is 34.5 Å². The van der Waals surface area contributed by atoms with Gasteiger partial charge in [-0.1, -0.05) is 44.2 Å². The highest BCUT2D eigenvalue weighted by atomic mass is 16.5. The smallest absolute Gasteiger partial charge is 0.302 e. The van der Waals surface area contributed by atoms with Crippen LogP contribution in [0.25, 0.3) is 28.0 Å². The molecule has 0 aliphatic carbocycles. The number of hydrogen-bond acceptors (Lipinski definition) is 5. The van der Waals surface area contributed by atoms with Crippen molar-refractivity contribution in [1.82, 2.24) is 19.3 Å². The van der Waals surface area contributed by atoms with Crippen LogP contribution in [0.5, 0.6) is 6.01 Å². The van der Waals surface area contributed by atoms with Gasteiger partial charge in [-0.25, -0.2) is 4.98 Å². The van der Waals surface area contributed by atoms with Crippen molar-refractivity contribution in [3.63, 3.8) is 0 Å². The minimum absolute atomic E-state index is 0.406. The molecule has 2 aromatic heterocycles. The molecular weight excluding hydrogens is 446 g/mol. The molecule has 0 radical (unpaired) electrons. The van der Waals surface area contributed by atoms with Gasteiger partial charge in [0.1, 0.15) is 0 Å². The van der Waals surface area contributed by atoms with Gasteiger partial charge in [0.25, 0.3) is 0 Å². The van der Waals surface area contributed by atoms with Crippen LogP contribution in [0.3, 0.4) is 0 Å². The zero-order chi connectivity index (χ0) is 25.2. The van der Waals surface area contributed by atoms with E-state index in [1.54, 1.807) is 0 Å². The zero-order valence-electron chi connectivity index (χ0n) is 21.5. The lowest BCUT2D eigenvalue weighted by molar-refractivity contribution is 0.143. The number of aromatic nitrogens is 3. The van der Waals surface area contributed by atoms with Crippen molar-refractivity contribution in [2.24, 2.45) is 5.92 Å². The van der Waals surface area contributed by atoms with Gasteiger partial charge >= 0.3 is 6.01 Å². The molecule has 3 heterocycles. The quantitative estimate of drug-likeness (QED) is 0.335. The molecule has 6 heteroatoms. The van der Waals surface area contributed by atoms with E-state index in [1.807, 2.05) is 41.1 Å². The van der Waals surface area contributed by atoms with Crippen molar-refractivity contribution < 1.29 is 4.74 Å². The van der Waals surface area contributed by atoms with Gasteiger partial charge in [0.2, 0.25) is 0 Å². The standard InChI is InChI=1S/C30H33N5O/c1-20(2)26-16-25(10-7-21(26)3)27-28(24-11-8-22(17-31)9-12-24)33-30(35-15-13-32-29(27)35)36-19-23-6-5-14-34(4)18-23/h7-13,15-16,20,23H,5-6,14,18-19H2,1-4H3/t23-/m1/s1. The highest BCUT2D eigenvalue weighted by molar-refractivity contribution is 5.90. The fraction of sp³-hybridized carbons (Fsp3) is 0.367. The Hall–Kier alpha value is -3.69. The summed E-state index contributed by atoms with van der Waals surface area (Å²) < 4.78 is 8.34. The minimum Gasteiger partial charge on any atom is -0.464 e. The molecule has 1 atom stereocenters. The van der Waals surface area contributed by atoms with Crippen molar-refractivity contribution in [1.29, 1.82) is 5.26 Å². The van der Waals surface area contributed by atoms with E-state index in [0.29, 0.717) is 30.0 Å². The lowest BCUT2D eigenvalue weighted by Gasteiger charge is -2.29. The maximum atomic E-state index is 9.31. The second-order valence-electron chi connectivity index (χ2n) is 10.2. The number of ether oxygens (including phenoxy) is 1. The average molecular weight is 480 g/mol. The largest absolute Gasteiger partial charge is 0.464 e. The molecule has 2 aromatic carbocycles. The summed E-state index contributed by atoms with van der Waals surface area (Å²) in [6, 6.07) is 16.9. The molecule has 0 amide bonds. The molecule has 1 aliphatic rings. The Morgan fingerprint density at radius 1 is 1.14 bits per heavy atom. The Morgan fingerprint density at radius 3 is 2.64 bits per heavy atom. The number of nitriles is 1. The molecule has 6 nitrogen and oxygen atoms in total. The van der Waals surface area contributed by atoms with Gasteiger partial charge in [0.15, 0.2) is 5.65 Å². The van der Waals surface area contributed by atoms with Gasteiger partial charge in [-0.3, -0.25) is 4.40 Å². The fourth-order valence-electron chi connectivity index (χ4n) is 5.25. The number of piperidine rings is 1. The summed E-state index contributed by atoms with van der Waals surface area (Å²) in [5, 5.41) is 9.31. The minimum atomic E-state index is 0.406. The first kappa shape index (κ1) is 24.0. The predicted octanol–water partition coefficient (Wildman–Crippen LogP) is 6.09. The molecule has 0 saturated carbocycles. The Balaban J connectivity index is 1.65. The van der Waals surface area contributed by atoms with Crippen molar-refractivity contribution in [2.45, 2.75) is 39.5 Å². The Morgan fingerprint density at radius 2 is 1.92 bits per heavy atom. The third kappa shape index (κ3) is 4.72. The molecule has 1 saturated heterocycles. The van der Waals surface area contributed by atoms with Crippen LogP contribution < -0.4 is 4.74 Å². The van der Waals surface area contributed by atoms with Crippen LogP contribution in [-0.2, 0) is 0 Å². The molecule has 184 valence electrons. The first-order valence-corrected chi connectivity index (χ1v) is 12.7. The number of imidazole rings is 1. The fourth-order valence-corrected chi connectivity index (χ4v) is 5.25. The van der Waals surface area contributed by atoms with E-state index in [9.17, 15) is 5.26 Å². The van der Waals surface area contributed by atoms with E-state index in [4.69, 9.17) is 14.7 Å². The number of rotatable bonds is 6. The molecule has 4 aromatic rings. The molecule has 0 spiro atoms. The maximum Gasteiger partial charge on any atom is 0.302 e. The van der Waals surface area contributed by atoms with Crippen LogP contribution >= 0.6 is 0 Å². The maximum absolute atomic E-state index is 9.31. The van der Waals surface area contributed by atoms with Crippen molar-refractivity contribution in [3.05, 3.63) is 71.5 Å². The van der Waals surface area contributed by atoms with Gasteiger partial charge < -0.3 is 9.64 Å². The summed E-state index contributed by atoms with van der Waals surface area (Å²) in [5.41, 5.74) is 7.82. The molecule has 5 rings (SSSR count). The summed E-state index contributed by atoms with van der Waals surface area (Å²) in [6.07, 6.45) is 6.09. The van der Waals surface area contributed by atoms with Crippen LogP contribution in [0.1, 0.15) is 49.3 Å². The summed E-state index contributed by atoms with van der Waals surface area (Å²) in [5.74, 6) is 0.885. The molecule has 0 bridgehead atoms. The number of fused-ring (bicyclic) bond motifs is 1. The van der Waals surface area contributed by atoms with Crippen LogP contribution in [0, 0.1) is 24.2 Å². The van der Waals surface area contributed by atoms with Gasteiger partial charge in [-0.05, 0) is 68.1 Å². The molecular formula is C30H33N5O. The number of benzene rings is 2. The third-order valence-corrected chi connectivity index (χ3v) is 7.16. The molecule has 36 heavy (non-hydrogen) atoms. The highest BCUT2D eigenvalue weighted by Gasteiger charge is 2.22. The van der Waals surface area contributed by atoms with E-state index in [0.717, 1.165) is 41.1 Å². The van der Waals surface area contributed by atoms with E-state index in [-0.39, 0.29) is 0 Å². The monoisotopic (exact) mass is 479 g/mol. The van der Waals surface area contributed by atoms with Crippen LogP contribution in [-0.4, -0.2) is 46.0 Å². The summed E-state index contributed by atoms with van der Waals surface area (Å²) in [4.78, 5) is 12.2.